The number of hydrogen-bond donors (Lipinski definition) is 1. The van der Waals surface area contributed by atoms with Crippen molar-refractivity contribution in [3.63, 3.8) is 0 Å². The molecule has 1 N–H and O–H groups in total. The maximum Gasteiger partial charge on any atom is 0.258 e. The van der Waals surface area contributed by atoms with Crippen LogP contribution in [0.15, 0.2) is 21.8 Å². The van der Waals surface area contributed by atoms with Crippen molar-refractivity contribution in [2.75, 3.05) is 0 Å². The number of nitrogens with zero attached hydrogens (tertiary/aromatic N) is 2. The fourth-order valence-corrected chi connectivity index (χ4v) is 1.49. The summed E-state index contributed by atoms with van der Waals surface area (Å²) in [5, 5.41) is 0.182. The van der Waals surface area contributed by atoms with Gasteiger partial charge in [0.05, 0.1) is 11.7 Å². The minimum Gasteiger partial charge on any atom is -0.313 e. The van der Waals surface area contributed by atoms with Crippen LogP contribution in [-0.2, 0) is 0 Å². The molecular weight excluding hydrogens is 241 g/mol. The quantitative estimate of drug-likeness (QED) is 0.709. The molecule has 2 heterocycles. The zero-order valence-corrected chi connectivity index (χ0v) is 7.80. The number of halogens is 2. The van der Waals surface area contributed by atoms with E-state index in [0.717, 1.165) is 6.07 Å². The van der Waals surface area contributed by atoms with E-state index < -0.39 is 5.95 Å². The summed E-state index contributed by atoms with van der Waals surface area (Å²) >= 11 is 3.02. The van der Waals surface area contributed by atoms with Crippen LogP contribution in [0, 0.1) is 5.95 Å². The summed E-state index contributed by atoms with van der Waals surface area (Å²) in [5.74, 6) is -0.710. The van der Waals surface area contributed by atoms with Gasteiger partial charge in [0.15, 0.2) is 0 Å². The number of hydrogen-bond acceptors (Lipinski definition) is 3. The van der Waals surface area contributed by atoms with Crippen molar-refractivity contribution in [2.45, 2.75) is 0 Å². The Balaban J connectivity index is 3.03. The molecule has 0 fully saturated rings. The Morgan fingerprint density at radius 2 is 2.31 bits per heavy atom. The standard InChI is InChI=1S/C7H3BrFN3O/c8-6-5-3(1-4(9)12-6)7(13)11-2-10-5/h1-2H,(H,10,11,13). The first kappa shape index (κ1) is 8.31. The molecule has 0 amide bonds. The molecule has 0 spiro atoms. The maximum atomic E-state index is 12.8. The van der Waals surface area contributed by atoms with E-state index in [4.69, 9.17) is 0 Å². The maximum absolute atomic E-state index is 12.8. The highest BCUT2D eigenvalue weighted by Gasteiger charge is 2.06. The molecule has 0 aromatic carbocycles. The molecular formula is C7H3BrFN3O. The third-order valence-corrected chi connectivity index (χ3v) is 2.11. The van der Waals surface area contributed by atoms with Crippen LogP contribution in [-0.4, -0.2) is 15.0 Å². The first-order chi connectivity index (χ1) is 6.18. The van der Waals surface area contributed by atoms with Crippen LogP contribution in [0.5, 0.6) is 0 Å². The summed E-state index contributed by atoms with van der Waals surface area (Å²) in [6.45, 7) is 0. The number of pyridine rings is 1. The van der Waals surface area contributed by atoms with Crippen LogP contribution >= 0.6 is 15.9 Å². The second kappa shape index (κ2) is 2.88. The monoisotopic (exact) mass is 243 g/mol. The Labute approximate surface area is 80.0 Å². The van der Waals surface area contributed by atoms with Crippen LogP contribution in [0.2, 0.25) is 0 Å². The summed E-state index contributed by atoms with van der Waals surface area (Å²) in [4.78, 5) is 20.8. The van der Waals surface area contributed by atoms with E-state index in [1.54, 1.807) is 0 Å². The molecule has 66 valence electrons. The molecule has 13 heavy (non-hydrogen) atoms. The zero-order valence-electron chi connectivity index (χ0n) is 6.21. The SMILES string of the molecule is O=c1[nH]cnc2c(Br)nc(F)cc12. The molecule has 0 aliphatic rings. The lowest BCUT2D eigenvalue weighted by Crippen LogP contribution is -2.07. The van der Waals surface area contributed by atoms with Gasteiger partial charge >= 0.3 is 0 Å². The van der Waals surface area contributed by atoms with Gasteiger partial charge in [-0.05, 0) is 15.9 Å². The highest BCUT2D eigenvalue weighted by molar-refractivity contribution is 9.10. The number of nitrogens with one attached hydrogen (secondary N) is 1. The lowest BCUT2D eigenvalue weighted by molar-refractivity contribution is 0.583. The van der Waals surface area contributed by atoms with Gasteiger partial charge in [-0.1, -0.05) is 0 Å². The van der Waals surface area contributed by atoms with Crippen LogP contribution in [0.25, 0.3) is 10.9 Å². The van der Waals surface area contributed by atoms with Gasteiger partial charge in [0.25, 0.3) is 5.56 Å². The predicted molar refractivity (Wildman–Crippen MR) is 47.8 cm³/mol. The fraction of sp³-hybridized carbons (Fsp3) is 0. The highest BCUT2D eigenvalue weighted by Crippen LogP contribution is 2.16. The molecule has 0 aliphatic carbocycles. The van der Waals surface area contributed by atoms with Crippen molar-refractivity contribution < 1.29 is 4.39 Å². The van der Waals surface area contributed by atoms with Crippen molar-refractivity contribution in [3.8, 4) is 0 Å². The summed E-state index contributed by atoms with van der Waals surface area (Å²) in [6, 6.07) is 1.05. The van der Waals surface area contributed by atoms with Crippen LogP contribution in [0.4, 0.5) is 4.39 Å². The molecule has 0 saturated carbocycles. The van der Waals surface area contributed by atoms with Gasteiger partial charge in [0.1, 0.15) is 10.1 Å². The van der Waals surface area contributed by atoms with Crippen molar-refractivity contribution in [1.29, 1.82) is 0 Å². The van der Waals surface area contributed by atoms with Gasteiger partial charge in [-0.15, -0.1) is 0 Å². The fourth-order valence-electron chi connectivity index (χ4n) is 1.01. The first-order valence-electron chi connectivity index (χ1n) is 3.38. The average molecular weight is 244 g/mol. The molecule has 2 aromatic heterocycles. The van der Waals surface area contributed by atoms with E-state index in [-0.39, 0.29) is 15.5 Å². The zero-order chi connectivity index (χ0) is 9.42. The Bertz CT molecular complexity index is 525. The molecule has 4 nitrogen and oxygen atoms in total. The summed E-state index contributed by atoms with van der Waals surface area (Å²) < 4.78 is 13.0. The number of aromatic amines is 1. The van der Waals surface area contributed by atoms with Gasteiger partial charge in [0, 0.05) is 6.07 Å². The Morgan fingerprint density at radius 3 is 3.08 bits per heavy atom. The number of aromatic nitrogens is 3. The Kier molecular flexibility index (Phi) is 1.84. The van der Waals surface area contributed by atoms with Gasteiger partial charge < -0.3 is 4.98 Å². The summed E-state index contributed by atoms with van der Waals surface area (Å²) in [7, 11) is 0. The van der Waals surface area contributed by atoms with Crippen molar-refractivity contribution in [2.24, 2.45) is 0 Å². The van der Waals surface area contributed by atoms with Crippen molar-refractivity contribution in [3.05, 3.63) is 33.3 Å². The molecule has 0 aliphatic heterocycles. The van der Waals surface area contributed by atoms with E-state index in [2.05, 4.69) is 30.9 Å². The molecule has 2 rings (SSSR count). The van der Waals surface area contributed by atoms with Gasteiger partial charge in [0.2, 0.25) is 5.95 Å². The molecule has 0 radical (unpaired) electrons. The van der Waals surface area contributed by atoms with Crippen LogP contribution in [0.3, 0.4) is 0 Å². The third-order valence-electron chi connectivity index (χ3n) is 1.55. The first-order valence-corrected chi connectivity index (χ1v) is 4.17. The lowest BCUT2D eigenvalue weighted by Gasteiger charge is -1.96. The average Bonchev–Trinajstić information content (AvgIpc) is 2.07. The minimum atomic E-state index is -0.710. The predicted octanol–water partition coefficient (Wildman–Crippen LogP) is 1.22. The Hall–Kier alpha value is -1.30. The van der Waals surface area contributed by atoms with Gasteiger partial charge in [-0.2, -0.15) is 4.39 Å². The second-order valence-electron chi connectivity index (χ2n) is 2.36. The topological polar surface area (TPSA) is 58.6 Å². The second-order valence-corrected chi connectivity index (χ2v) is 3.11. The number of fused-ring (bicyclic) bond motifs is 1. The summed E-state index contributed by atoms with van der Waals surface area (Å²) in [6.07, 6.45) is 1.25. The largest absolute Gasteiger partial charge is 0.313 e. The third kappa shape index (κ3) is 1.33. The van der Waals surface area contributed by atoms with Crippen molar-refractivity contribution in [1.82, 2.24) is 15.0 Å². The van der Waals surface area contributed by atoms with Crippen LogP contribution in [0.1, 0.15) is 0 Å². The molecule has 0 unspecified atom stereocenters. The van der Waals surface area contributed by atoms with Crippen LogP contribution < -0.4 is 5.56 Å². The Morgan fingerprint density at radius 1 is 1.54 bits per heavy atom. The number of rotatable bonds is 0. The van der Waals surface area contributed by atoms with E-state index in [1.165, 1.54) is 6.33 Å². The van der Waals surface area contributed by atoms with Crippen molar-refractivity contribution >= 4 is 26.8 Å². The van der Waals surface area contributed by atoms with E-state index in [9.17, 15) is 9.18 Å². The normalized spacial score (nSPS) is 10.6. The minimum absolute atomic E-state index is 0.182. The lowest BCUT2D eigenvalue weighted by atomic mass is 10.3. The highest BCUT2D eigenvalue weighted by atomic mass is 79.9. The smallest absolute Gasteiger partial charge is 0.258 e. The molecule has 0 bridgehead atoms. The van der Waals surface area contributed by atoms with E-state index in [1.807, 2.05) is 0 Å². The molecule has 0 atom stereocenters. The van der Waals surface area contributed by atoms with Gasteiger partial charge in [-0.25, -0.2) is 9.97 Å². The van der Waals surface area contributed by atoms with Gasteiger partial charge in [-0.3, -0.25) is 4.79 Å². The number of H-pyrrole nitrogens is 1. The van der Waals surface area contributed by atoms with E-state index >= 15 is 0 Å². The molecule has 6 heteroatoms. The summed E-state index contributed by atoms with van der Waals surface area (Å²) in [5.41, 5.74) is -0.0304. The molecule has 0 saturated heterocycles. The molecule has 2 aromatic rings. The van der Waals surface area contributed by atoms with E-state index in [0.29, 0.717) is 5.52 Å².